The van der Waals surface area contributed by atoms with Crippen molar-refractivity contribution in [2.45, 2.75) is 56.1 Å². The molecule has 0 aromatic rings. The largest absolute Gasteiger partial charge is 0.480 e. The van der Waals surface area contributed by atoms with Crippen molar-refractivity contribution in [3.63, 3.8) is 0 Å². The second-order valence-electron chi connectivity index (χ2n) is 6.84. The number of carboxylic acids is 1. The molecule has 0 aromatic carbocycles. The molecule has 2 aliphatic carbocycles. The molecule has 0 spiro atoms. The molecule has 2 rings (SSSR count). The first-order valence-electron chi connectivity index (χ1n) is 7.79. The molecule has 0 bridgehead atoms. The molecule has 2 N–H and O–H groups in total. The Morgan fingerprint density at radius 3 is 2.50 bits per heavy atom. The predicted molar refractivity (Wildman–Crippen MR) is 80.0 cm³/mol. The van der Waals surface area contributed by atoms with Crippen molar-refractivity contribution in [2.75, 3.05) is 34.2 Å². The molecule has 0 heterocycles. The SMILES string of the molecule is CN(C)CCCN(C)C1CCC(NC2CC2)(C(=O)O)C1. The van der Waals surface area contributed by atoms with E-state index in [1.54, 1.807) is 0 Å². The topological polar surface area (TPSA) is 55.8 Å². The zero-order valence-electron chi connectivity index (χ0n) is 13.1. The fourth-order valence-electron chi connectivity index (χ4n) is 3.22. The standard InChI is InChI=1S/C15H29N3O2/c1-17(2)9-4-10-18(3)13-7-8-15(11-13,14(19)20)16-12-5-6-12/h12-13,16H,4-11H2,1-3H3,(H,19,20). The van der Waals surface area contributed by atoms with Crippen molar-refractivity contribution < 1.29 is 9.90 Å². The number of carboxylic acid groups (broad SMARTS) is 1. The first kappa shape index (κ1) is 15.7. The van der Waals surface area contributed by atoms with Crippen LogP contribution < -0.4 is 5.32 Å². The van der Waals surface area contributed by atoms with Crippen LogP contribution in [0.25, 0.3) is 0 Å². The number of nitrogens with zero attached hydrogens (tertiary/aromatic N) is 2. The van der Waals surface area contributed by atoms with Gasteiger partial charge in [0.1, 0.15) is 5.54 Å². The van der Waals surface area contributed by atoms with Gasteiger partial charge in [0.2, 0.25) is 0 Å². The third-order valence-corrected chi connectivity index (χ3v) is 4.70. The molecule has 116 valence electrons. The van der Waals surface area contributed by atoms with Crippen LogP contribution in [0.2, 0.25) is 0 Å². The number of rotatable bonds is 8. The molecule has 5 nitrogen and oxygen atoms in total. The van der Waals surface area contributed by atoms with Crippen LogP contribution in [0.1, 0.15) is 38.5 Å². The van der Waals surface area contributed by atoms with Crippen LogP contribution in [0.4, 0.5) is 0 Å². The molecule has 0 saturated heterocycles. The molecule has 2 saturated carbocycles. The quantitative estimate of drug-likeness (QED) is 0.696. The lowest BCUT2D eigenvalue weighted by molar-refractivity contribution is -0.145. The van der Waals surface area contributed by atoms with Crippen LogP contribution >= 0.6 is 0 Å². The minimum absolute atomic E-state index is 0.402. The summed E-state index contributed by atoms with van der Waals surface area (Å²) in [5.41, 5.74) is -0.665. The molecule has 0 aromatic heterocycles. The summed E-state index contributed by atoms with van der Waals surface area (Å²) in [5, 5.41) is 13.0. The molecule has 20 heavy (non-hydrogen) atoms. The van der Waals surface area contributed by atoms with Crippen LogP contribution in [0.15, 0.2) is 0 Å². The highest BCUT2D eigenvalue weighted by atomic mass is 16.4. The highest BCUT2D eigenvalue weighted by molar-refractivity contribution is 5.79. The van der Waals surface area contributed by atoms with E-state index in [1.165, 1.54) is 0 Å². The zero-order chi connectivity index (χ0) is 14.8. The summed E-state index contributed by atoms with van der Waals surface area (Å²) in [6, 6.07) is 0.850. The lowest BCUT2D eigenvalue weighted by Crippen LogP contribution is -2.52. The van der Waals surface area contributed by atoms with Crippen molar-refractivity contribution in [1.29, 1.82) is 0 Å². The van der Waals surface area contributed by atoms with Crippen LogP contribution in [0.3, 0.4) is 0 Å². The highest BCUT2D eigenvalue weighted by Gasteiger charge is 2.48. The van der Waals surface area contributed by atoms with E-state index in [0.717, 1.165) is 51.6 Å². The third kappa shape index (κ3) is 3.93. The molecule has 2 unspecified atom stereocenters. The van der Waals surface area contributed by atoms with E-state index in [4.69, 9.17) is 0 Å². The summed E-state index contributed by atoms with van der Waals surface area (Å²) in [6.07, 6.45) is 5.91. The molecular weight excluding hydrogens is 254 g/mol. The molecule has 2 atom stereocenters. The summed E-state index contributed by atoms with van der Waals surface area (Å²) in [7, 11) is 6.31. The minimum atomic E-state index is -0.665. The average molecular weight is 283 g/mol. The van der Waals surface area contributed by atoms with Crippen LogP contribution in [0.5, 0.6) is 0 Å². The Kier molecular flexibility index (Phi) is 5.04. The van der Waals surface area contributed by atoms with Gasteiger partial charge in [-0.15, -0.1) is 0 Å². The molecule has 2 fully saturated rings. The Balaban J connectivity index is 1.83. The Bertz CT molecular complexity index is 344. The Morgan fingerprint density at radius 1 is 1.25 bits per heavy atom. The van der Waals surface area contributed by atoms with Crippen molar-refractivity contribution in [3.8, 4) is 0 Å². The lowest BCUT2D eigenvalue weighted by Gasteiger charge is -2.29. The smallest absolute Gasteiger partial charge is 0.323 e. The van der Waals surface area contributed by atoms with E-state index < -0.39 is 11.5 Å². The molecule has 2 aliphatic rings. The van der Waals surface area contributed by atoms with E-state index in [9.17, 15) is 9.90 Å². The van der Waals surface area contributed by atoms with Gasteiger partial charge >= 0.3 is 5.97 Å². The van der Waals surface area contributed by atoms with Gasteiger partial charge in [-0.25, -0.2) is 0 Å². The van der Waals surface area contributed by atoms with Crippen LogP contribution in [-0.4, -0.2) is 72.7 Å². The van der Waals surface area contributed by atoms with Gasteiger partial charge in [-0.3, -0.25) is 10.1 Å². The van der Waals surface area contributed by atoms with Gasteiger partial charge in [-0.1, -0.05) is 0 Å². The number of carbonyl (C=O) groups is 1. The first-order valence-corrected chi connectivity index (χ1v) is 7.79. The van der Waals surface area contributed by atoms with Gasteiger partial charge in [0.25, 0.3) is 0 Å². The number of aliphatic carboxylic acids is 1. The number of hydrogen-bond donors (Lipinski definition) is 2. The second-order valence-corrected chi connectivity index (χ2v) is 6.84. The van der Waals surface area contributed by atoms with Crippen molar-refractivity contribution >= 4 is 5.97 Å². The monoisotopic (exact) mass is 283 g/mol. The fraction of sp³-hybridized carbons (Fsp3) is 0.933. The molecule has 0 aliphatic heterocycles. The van der Waals surface area contributed by atoms with Gasteiger partial charge in [0, 0.05) is 12.1 Å². The summed E-state index contributed by atoms with van der Waals surface area (Å²) in [5.74, 6) is -0.659. The summed E-state index contributed by atoms with van der Waals surface area (Å²) in [6.45, 7) is 2.13. The maximum atomic E-state index is 11.7. The zero-order valence-corrected chi connectivity index (χ0v) is 13.1. The fourth-order valence-corrected chi connectivity index (χ4v) is 3.22. The minimum Gasteiger partial charge on any atom is -0.480 e. The van der Waals surface area contributed by atoms with Gasteiger partial charge in [0.15, 0.2) is 0 Å². The van der Waals surface area contributed by atoms with E-state index in [-0.39, 0.29) is 0 Å². The lowest BCUT2D eigenvalue weighted by atomic mass is 9.97. The van der Waals surface area contributed by atoms with Crippen molar-refractivity contribution in [3.05, 3.63) is 0 Å². The Labute approximate surface area is 122 Å². The van der Waals surface area contributed by atoms with Gasteiger partial charge in [-0.2, -0.15) is 0 Å². The maximum Gasteiger partial charge on any atom is 0.323 e. The Morgan fingerprint density at radius 2 is 1.95 bits per heavy atom. The maximum absolute atomic E-state index is 11.7. The van der Waals surface area contributed by atoms with E-state index >= 15 is 0 Å². The summed E-state index contributed by atoms with van der Waals surface area (Å²) < 4.78 is 0. The predicted octanol–water partition coefficient (Wildman–Crippen LogP) is 0.998. The number of nitrogens with one attached hydrogen (secondary N) is 1. The van der Waals surface area contributed by atoms with E-state index in [0.29, 0.717) is 12.1 Å². The highest BCUT2D eigenvalue weighted by Crippen LogP contribution is 2.36. The average Bonchev–Trinajstić information content (AvgIpc) is 3.05. The number of hydrogen-bond acceptors (Lipinski definition) is 4. The normalized spacial score (nSPS) is 30.4. The van der Waals surface area contributed by atoms with Crippen LogP contribution in [-0.2, 0) is 4.79 Å². The molecule has 5 heteroatoms. The van der Waals surface area contributed by atoms with Crippen molar-refractivity contribution in [2.24, 2.45) is 0 Å². The van der Waals surface area contributed by atoms with Gasteiger partial charge < -0.3 is 14.9 Å². The van der Waals surface area contributed by atoms with Gasteiger partial charge in [-0.05, 0) is 72.8 Å². The first-order chi connectivity index (χ1) is 9.43. The summed E-state index contributed by atoms with van der Waals surface area (Å²) in [4.78, 5) is 16.2. The summed E-state index contributed by atoms with van der Waals surface area (Å²) >= 11 is 0. The van der Waals surface area contributed by atoms with E-state index in [1.807, 2.05) is 0 Å². The van der Waals surface area contributed by atoms with Crippen molar-refractivity contribution in [1.82, 2.24) is 15.1 Å². The molecule has 0 amide bonds. The van der Waals surface area contributed by atoms with Gasteiger partial charge in [0.05, 0.1) is 0 Å². The van der Waals surface area contributed by atoms with E-state index in [2.05, 4.69) is 36.3 Å². The third-order valence-electron chi connectivity index (χ3n) is 4.70. The second kappa shape index (κ2) is 6.41. The molecular formula is C15H29N3O2. The molecule has 0 radical (unpaired) electrons. The van der Waals surface area contributed by atoms with Crippen LogP contribution in [0, 0.1) is 0 Å². The Hall–Kier alpha value is -0.650.